The van der Waals surface area contributed by atoms with Gasteiger partial charge in [-0.2, -0.15) is 5.26 Å². The summed E-state index contributed by atoms with van der Waals surface area (Å²) in [4.78, 5) is 27.5. The van der Waals surface area contributed by atoms with Gasteiger partial charge in [-0.05, 0) is 81.7 Å². The van der Waals surface area contributed by atoms with Crippen LogP contribution < -0.4 is 15.5 Å². The van der Waals surface area contributed by atoms with E-state index in [0.717, 1.165) is 67.8 Å². The fraction of sp³-hybridized carbons (Fsp3) is 0.419. The molecule has 10 heteroatoms. The van der Waals surface area contributed by atoms with Crippen LogP contribution in [0.5, 0.6) is 0 Å². The van der Waals surface area contributed by atoms with Crippen LogP contribution in [0.2, 0.25) is 0 Å². The number of anilines is 2. The van der Waals surface area contributed by atoms with Crippen molar-refractivity contribution in [3.63, 3.8) is 0 Å². The maximum absolute atomic E-state index is 12.3. The first-order chi connectivity index (χ1) is 19.9. The van der Waals surface area contributed by atoms with Crippen molar-refractivity contribution in [3.8, 4) is 17.3 Å². The summed E-state index contributed by atoms with van der Waals surface area (Å²) in [6.07, 6.45) is 3.01. The van der Waals surface area contributed by atoms with Crippen molar-refractivity contribution in [2.24, 2.45) is 5.92 Å². The van der Waals surface area contributed by atoms with Gasteiger partial charge >= 0.3 is 0 Å². The molecule has 0 aliphatic carbocycles. The van der Waals surface area contributed by atoms with Crippen molar-refractivity contribution in [3.05, 3.63) is 64.9 Å². The zero-order chi connectivity index (χ0) is 29.2. The highest BCUT2D eigenvalue weighted by molar-refractivity contribution is 5.92. The molecule has 0 atom stereocenters. The number of morpholine rings is 1. The number of ether oxygens (including phenoxy) is 1. The van der Waals surface area contributed by atoms with Crippen molar-refractivity contribution < 1.29 is 18.8 Å². The Kier molecular flexibility index (Phi) is 10.5. The van der Waals surface area contributed by atoms with Crippen LogP contribution in [0.25, 0.3) is 11.3 Å². The molecule has 0 saturated carbocycles. The lowest BCUT2D eigenvalue weighted by atomic mass is 9.97. The Balaban J connectivity index is 0.000000208. The number of hydrogen-bond donors (Lipinski definition) is 2. The SMILES string of the molecule is CNc1ccc(C)c(-c2cc(C(=O)NCC3CCN(C)CC3)on2)c1.N#Cc1cc(C=O)cc(N2CCOCC2)c1. The van der Waals surface area contributed by atoms with Crippen molar-refractivity contribution >= 4 is 23.6 Å². The van der Waals surface area contributed by atoms with E-state index in [0.29, 0.717) is 42.5 Å². The highest BCUT2D eigenvalue weighted by Gasteiger charge is 2.20. The molecule has 41 heavy (non-hydrogen) atoms. The predicted octanol–water partition coefficient (Wildman–Crippen LogP) is 3.97. The van der Waals surface area contributed by atoms with Gasteiger partial charge in [-0.15, -0.1) is 0 Å². The number of aromatic nitrogens is 1. The second-order valence-electron chi connectivity index (χ2n) is 10.5. The fourth-order valence-electron chi connectivity index (χ4n) is 4.92. The molecule has 2 aliphatic rings. The Bertz CT molecular complexity index is 1370. The number of amides is 1. The number of aldehydes is 1. The molecular formula is C31H38N6O4. The summed E-state index contributed by atoms with van der Waals surface area (Å²) in [7, 11) is 4.01. The van der Waals surface area contributed by atoms with E-state index in [1.807, 2.05) is 32.2 Å². The van der Waals surface area contributed by atoms with E-state index in [9.17, 15) is 9.59 Å². The Labute approximate surface area is 241 Å². The number of likely N-dealkylation sites (tertiary alicyclic amines) is 1. The molecule has 2 aromatic carbocycles. The van der Waals surface area contributed by atoms with Gasteiger partial charge in [-0.1, -0.05) is 11.2 Å². The van der Waals surface area contributed by atoms with Crippen molar-refractivity contribution in [2.75, 3.05) is 70.2 Å². The number of carbonyl (C=O) groups excluding carboxylic acids is 2. The minimum Gasteiger partial charge on any atom is -0.388 e. The van der Waals surface area contributed by atoms with Crippen LogP contribution in [0, 0.1) is 24.2 Å². The van der Waals surface area contributed by atoms with Gasteiger partial charge in [0.05, 0.1) is 24.8 Å². The molecule has 3 heterocycles. The number of nitrogens with one attached hydrogen (secondary N) is 2. The third-order valence-electron chi connectivity index (χ3n) is 7.51. The summed E-state index contributed by atoms with van der Waals surface area (Å²) in [6.45, 7) is 7.86. The van der Waals surface area contributed by atoms with E-state index < -0.39 is 0 Å². The van der Waals surface area contributed by atoms with Crippen molar-refractivity contribution in [1.29, 1.82) is 5.26 Å². The third-order valence-corrected chi connectivity index (χ3v) is 7.51. The molecule has 1 amide bonds. The zero-order valence-corrected chi connectivity index (χ0v) is 24.0. The quantitative estimate of drug-likeness (QED) is 0.415. The topological polar surface area (TPSA) is 124 Å². The molecule has 2 saturated heterocycles. The summed E-state index contributed by atoms with van der Waals surface area (Å²) in [5, 5.41) is 19.0. The Morgan fingerprint density at radius 3 is 2.56 bits per heavy atom. The minimum atomic E-state index is -0.194. The normalized spacial score (nSPS) is 15.8. The number of piperidine rings is 1. The molecule has 2 aliphatic heterocycles. The van der Waals surface area contributed by atoms with Crippen LogP contribution in [-0.2, 0) is 4.74 Å². The predicted molar refractivity (Wildman–Crippen MR) is 158 cm³/mol. The van der Waals surface area contributed by atoms with E-state index in [4.69, 9.17) is 14.5 Å². The van der Waals surface area contributed by atoms with E-state index in [1.54, 1.807) is 24.3 Å². The molecule has 0 bridgehead atoms. The molecule has 0 radical (unpaired) electrons. The summed E-state index contributed by atoms with van der Waals surface area (Å²) in [5.41, 5.74) is 5.71. The summed E-state index contributed by atoms with van der Waals surface area (Å²) >= 11 is 0. The fourth-order valence-corrected chi connectivity index (χ4v) is 4.92. The number of benzene rings is 2. The maximum Gasteiger partial charge on any atom is 0.289 e. The lowest BCUT2D eigenvalue weighted by molar-refractivity contribution is 0.0902. The smallest absolute Gasteiger partial charge is 0.289 e. The van der Waals surface area contributed by atoms with Gasteiger partial charge in [0.25, 0.3) is 5.91 Å². The molecule has 216 valence electrons. The average molecular weight is 559 g/mol. The number of carbonyl (C=O) groups is 2. The van der Waals surface area contributed by atoms with Gasteiger partial charge in [0.2, 0.25) is 5.76 Å². The van der Waals surface area contributed by atoms with Gasteiger partial charge < -0.3 is 29.7 Å². The number of rotatable bonds is 7. The van der Waals surface area contributed by atoms with E-state index >= 15 is 0 Å². The molecule has 10 nitrogen and oxygen atoms in total. The molecule has 0 unspecified atom stereocenters. The van der Waals surface area contributed by atoms with Crippen LogP contribution >= 0.6 is 0 Å². The van der Waals surface area contributed by atoms with E-state index in [2.05, 4.69) is 38.7 Å². The second kappa shape index (κ2) is 14.4. The average Bonchev–Trinajstić information content (AvgIpc) is 3.52. The number of hydrogen-bond acceptors (Lipinski definition) is 9. The number of aryl methyl sites for hydroxylation is 1. The number of nitrogens with zero attached hydrogens (tertiary/aromatic N) is 4. The van der Waals surface area contributed by atoms with Crippen LogP contribution in [0.1, 0.15) is 44.9 Å². The Hall–Kier alpha value is -4.20. The molecule has 2 N–H and O–H groups in total. The van der Waals surface area contributed by atoms with Gasteiger partial charge in [-0.25, -0.2) is 0 Å². The van der Waals surface area contributed by atoms with Crippen molar-refractivity contribution in [2.45, 2.75) is 19.8 Å². The van der Waals surface area contributed by atoms with Crippen LogP contribution in [0.3, 0.4) is 0 Å². The first-order valence-electron chi connectivity index (χ1n) is 14.0. The third kappa shape index (κ3) is 8.16. The lowest BCUT2D eigenvalue weighted by Gasteiger charge is -2.29. The first-order valence-corrected chi connectivity index (χ1v) is 14.0. The Morgan fingerprint density at radius 1 is 1.12 bits per heavy atom. The standard InChI is InChI=1S/C19H26N4O2.C12H12N2O2/c1-13-4-5-15(20-2)10-16(13)17-11-18(25-22-17)19(24)21-12-14-6-8-23(3)9-7-14;13-8-10-5-11(9-15)7-12(6-10)14-1-3-16-4-2-14/h4-5,10-11,14,20H,6-9,12H2,1-3H3,(H,21,24);5-7,9H,1-4H2. The molecule has 0 spiro atoms. The second-order valence-corrected chi connectivity index (χ2v) is 10.5. The highest BCUT2D eigenvalue weighted by Crippen LogP contribution is 2.26. The monoisotopic (exact) mass is 558 g/mol. The summed E-state index contributed by atoms with van der Waals surface area (Å²) in [5.74, 6) is 0.606. The summed E-state index contributed by atoms with van der Waals surface area (Å²) < 4.78 is 10.5. The Morgan fingerprint density at radius 2 is 1.88 bits per heavy atom. The van der Waals surface area contributed by atoms with Crippen LogP contribution in [-0.4, -0.2) is 82.3 Å². The zero-order valence-electron chi connectivity index (χ0n) is 24.0. The van der Waals surface area contributed by atoms with Gasteiger partial charge in [-0.3, -0.25) is 9.59 Å². The van der Waals surface area contributed by atoms with E-state index in [1.165, 1.54) is 0 Å². The largest absolute Gasteiger partial charge is 0.388 e. The first kappa shape index (κ1) is 29.8. The van der Waals surface area contributed by atoms with Gasteiger partial charge in [0.1, 0.15) is 12.0 Å². The molecular weight excluding hydrogens is 520 g/mol. The van der Waals surface area contributed by atoms with Gasteiger partial charge in [0, 0.05) is 55.2 Å². The highest BCUT2D eigenvalue weighted by atomic mass is 16.5. The molecule has 1 aromatic heterocycles. The van der Waals surface area contributed by atoms with Crippen LogP contribution in [0.4, 0.5) is 11.4 Å². The number of nitriles is 1. The molecule has 2 fully saturated rings. The van der Waals surface area contributed by atoms with Gasteiger partial charge in [0.15, 0.2) is 0 Å². The minimum absolute atomic E-state index is 0.194. The van der Waals surface area contributed by atoms with Crippen molar-refractivity contribution in [1.82, 2.24) is 15.4 Å². The maximum atomic E-state index is 12.3. The summed E-state index contributed by atoms with van der Waals surface area (Å²) in [6, 6.07) is 15.0. The van der Waals surface area contributed by atoms with Crippen LogP contribution in [0.15, 0.2) is 47.0 Å². The van der Waals surface area contributed by atoms with E-state index in [-0.39, 0.29) is 11.7 Å². The lowest BCUT2D eigenvalue weighted by Crippen LogP contribution is -2.36. The molecule has 3 aromatic rings. The molecule has 5 rings (SSSR count).